The molecule has 0 aliphatic carbocycles. The fourth-order valence-corrected chi connectivity index (χ4v) is 6.75. The highest BCUT2D eigenvalue weighted by atomic mass is 32.2. The summed E-state index contributed by atoms with van der Waals surface area (Å²) < 4.78 is 40.8. The lowest BCUT2D eigenvalue weighted by Gasteiger charge is -2.37. The lowest BCUT2D eigenvalue weighted by atomic mass is 9.84. The number of nitrogens with one attached hydrogen (secondary N) is 3. The monoisotopic (exact) mass is 521 g/mol. The van der Waals surface area contributed by atoms with E-state index in [0.29, 0.717) is 18.5 Å². The van der Waals surface area contributed by atoms with Crippen molar-refractivity contribution in [2.75, 3.05) is 26.4 Å². The molecule has 2 amide bonds. The molecule has 5 atom stereocenters. The summed E-state index contributed by atoms with van der Waals surface area (Å²) in [5.74, 6) is -1.17. The second kappa shape index (κ2) is 9.42. The second-order valence-electron chi connectivity index (χ2n) is 11.1. The molecule has 2 aliphatic rings. The Morgan fingerprint density at radius 2 is 1.94 bits per heavy atom. The molecule has 0 saturated carbocycles. The Hall–Kier alpha value is -2.50. The number of carbonyl (C=O) groups excluding carboxylic acids is 2. The first-order valence-electron chi connectivity index (χ1n) is 12.3. The minimum Gasteiger partial charge on any atom is -0.361 e. The number of benzene rings is 1. The van der Waals surface area contributed by atoms with E-state index in [0.717, 1.165) is 10.9 Å². The molecule has 3 heterocycles. The van der Waals surface area contributed by atoms with Gasteiger partial charge in [0.1, 0.15) is 11.9 Å². The Morgan fingerprint density at radius 1 is 1.25 bits per heavy atom. The minimum atomic E-state index is -3.52. The number of rotatable bonds is 6. The Balaban J connectivity index is 1.74. The van der Waals surface area contributed by atoms with E-state index in [9.17, 15) is 22.4 Å². The maximum Gasteiger partial charge on any atom is 0.246 e. The summed E-state index contributed by atoms with van der Waals surface area (Å²) in [6, 6.07) is 2.45. The van der Waals surface area contributed by atoms with Crippen LogP contribution in [-0.2, 0) is 19.6 Å². The zero-order valence-electron chi connectivity index (χ0n) is 21.6. The molecule has 5 unspecified atom stereocenters. The third-order valence-electron chi connectivity index (χ3n) is 7.59. The number of fused-ring (bicyclic) bond motifs is 2. The topological polar surface area (TPSA) is 115 Å². The molecule has 2 aromatic rings. The maximum absolute atomic E-state index is 14.0. The highest BCUT2D eigenvalue weighted by Gasteiger charge is 2.55. The number of amides is 2. The van der Waals surface area contributed by atoms with Crippen LogP contribution in [0.1, 0.15) is 45.6 Å². The van der Waals surface area contributed by atoms with Crippen molar-refractivity contribution < 1.29 is 22.4 Å². The van der Waals surface area contributed by atoms with Gasteiger partial charge in [0.25, 0.3) is 0 Å². The van der Waals surface area contributed by atoms with E-state index in [2.05, 4.69) is 15.6 Å². The third-order valence-corrected chi connectivity index (χ3v) is 8.86. The molecule has 2 aliphatic heterocycles. The van der Waals surface area contributed by atoms with Gasteiger partial charge in [-0.3, -0.25) is 9.59 Å². The van der Waals surface area contributed by atoms with Crippen molar-refractivity contribution >= 4 is 32.7 Å². The minimum absolute atomic E-state index is 0.224. The van der Waals surface area contributed by atoms with Gasteiger partial charge in [-0.25, -0.2) is 12.8 Å². The highest BCUT2D eigenvalue weighted by Crippen LogP contribution is 2.44. The van der Waals surface area contributed by atoms with Crippen LogP contribution in [-0.4, -0.2) is 85.0 Å². The van der Waals surface area contributed by atoms with Crippen LogP contribution in [0.15, 0.2) is 24.4 Å². The van der Waals surface area contributed by atoms with Crippen molar-refractivity contribution in [2.45, 2.75) is 64.2 Å². The molecule has 36 heavy (non-hydrogen) atoms. The van der Waals surface area contributed by atoms with Crippen LogP contribution in [0, 0.1) is 11.2 Å². The summed E-state index contributed by atoms with van der Waals surface area (Å²) in [7, 11) is -1.85. The normalized spacial score (nSPS) is 24.6. The maximum atomic E-state index is 14.0. The van der Waals surface area contributed by atoms with Crippen molar-refractivity contribution in [1.29, 1.82) is 0 Å². The molecular weight excluding hydrogens is 485 g/mol. The van der Waals surface area contributed by atoms with Crippen LogP contribution in [0.4, 0.5) is 4.39 Å². The Kier molecular flexibility index (Phi) is 6.95. The molecule has 2 saturated heterocycles. The van der Waals surface area contributed by atoms with Crippen molar-refractivity contribution in [3.8, 4) is 0 Å². The summed E-state index contributed by atoms with van der Waals surface area (Å²) in [6.07, 6.45) is 3.49. The average Bonchev–Trinajstić information content (AvgIpc) is 3.48. The lowest BCUT2D eigenvalue weighted by molar-refractivity contribution is -0.140. The number of carbonyl (C=O) groups is 2. The van der Waals surface area contributed by atoms with E-state index >= 15 is 0 Å². The van der Waals surface area contributed by atoms with Gasteiger partial charge in [0.15, 0.2) is 0 Å². The Labute approximate surface area is 211 Å². The molecular formula is C25H36FN5O4S. The van der Waals surface area contributed by atoms with Crippen molar-refractivity contribution in [2.24, 2.45) is 5.41 Å². The fraction of sp³-hybridized carbons (Fsp3) is 0.600. The summed E-state index contributed by atoms with van der Waals surface area (Å²) in [5, 5.41) is 6.62. The zero-order chi connectivity index (χ0) is 26.6. The zero-order valence-corrected chi connectivity index (χ0v) is 22.4. The van der Waals surface area contributed by atoms with Crippen LogP contribution >= 0.6 is 0 Å². The Bertz CT molecular complexity index is 1270. The number of H-pyrrole nitrogens is 1. The first kappa shape index (κ1) is 26.6. The standard InChI is InChI=1S/C25H36FN5O4S/c1-14(27-5)23(32)29-22(25(2,3)4)24(33)30-10-9-20-21(30)18(13-31(20)36(6,34)35)17-12-28-19-11-15(26)7-8-16(17)19/h7-8,11-12,14,18,20-22,27-28H,9-10,13H2,1-6H3,(H,29,32). The van der Waals surface area contributed by atoms with Gasteiger partial charge in [-0.15, -0.1) is 0 Å². The predicted octanol–water partition coefficient (Wildman–Crippen LogP) is 1.77. The molecule has 198 valence electrons. The van der Waals surface area contributed by atoms with E-state index in [-0.39, 0.29) is 36.1 Å². The summed E-state index contributed by atoms with van der Waals surface area (Å²) in [6.45, 7) is 8.04. The van der Waals surface area contributed by atoms with Gasteiger partial charge >= 0.3 is 0 Å². The van der Waals surface area contributed by atoms with Gasteiger partial charge in [0, 0.05) is 42.1 Å². The number of sulfonamides is 1. The lowest BCUT2D eigenvalue weighted by Crippen LogP contribution is -2.59. The SMILES string of the molecule is CNC(C)C(=O)NC(C(=O)N1CCC2C1C(c1c[nH]c3cc(F)ccc13)CN2S(C)(=O)=O)C(C)(C)C. The number of hydrogen-bond acceptors (Lipinski definition) is 5. The molecule has 0 bridgehead atoms. The highest BCUT2D eigenvalue weighted by molar-refractivity contribution is 7.88. The number of nitrogens with zero attached hydrogens (tertiary/aromatic N) is 2. The number of hydrogen-bond donors (Lipinski definition) is 3. The molecule has 11 heteroatoms. The van der Waals surface area contributed by atoms with Crippen LogP contribution < -0.4 is 10.6 Å². The number of aromatic amines is 1. The van der Waals surface area contributed by atoms with E-state index in [1.54, 1.807) is 31.1 Å². The molecule has 3 N–H and O–H groups in total. The van der Waals surface area contributed by atoms with Crippen LogP contribution in [0.2, 0.25) is 0 Å². The third kappa shape index (κ3) is 4.76. The van der Waals surface area contributed by atoms with Gasteiger partial charge in [-0.2, -0.15) is 4.31 Å². The molecule has 4 rings (SSSR count). The van der Waals surface area contributed by atoms with Crippen LogP contribution in [0.5, 0.6) is 0 Å². The molecule has 2 fully saturated rings. The van der Waals surface area contributed by atoms with Crippen molar-refractivity contribution in [3.63, 3.8) is 0 Å². The largest absolute Gasteiger partial charge is 0.361 e. The van der Waals surface area contributed by atoms with Crippen LogP contribution in [0.3, 0.4) is 0 Å². The quantitative estimate of drug-likeness (QED) is 0.536. The van der Waals surface area contributed by atoms with Gasteiger partial charge < -0.3 is 20.5 Å². The van der Waals surface area contributed by atoms with E-state index in [1.165, 1.54) is 22.7 Å². The molecule has 1 aromatic heterocycles. The van der Waals surface area contributed by atoms with Gasteiger partial charge in [-0.05, 0) is 49.6 Å². The fourth-order valence-electron chi connectivity index (χ4n) is 5.60. The number of likely N-dealkylation sites (N-methyl/N-ethyl adjacent to an activating group) is 1. The second-order valence-corrected chi connectivity index (χ2v) is 13.0. The van der Waals surface area contributed by atoms with E-state index in [1.807, 2.05) is 20.8 Å². The number of halogens is 1. The first-order valence-corrected chi connectivity index (χ1v) is 14.1. The van der Waals surface area contributed by atoms with Gasteiger partial charge in [-0.1, -0.05) is 20.8 Å². The molecule has 0 spiro atoms. The summed E-state index contributed by atoms with van der Waals surface area (Å²) in [4.78, 5) is 31.6. The van der Waals surface area contributed by atoms with E-state index < -0.39 is 33.6 Å². The van der Waals surface area contributed by atoms with Gasteiger partial charge in [0.05, 0.1) is 18.3 Å². The predicted molar refractivity (Wildman–Crippen MR) is 136 cm³/mol. The summed E-state index contributed by atoms with van der Waals surface area (Å²) in [5.41, 5.74) is 0.906. The number of aromatic nitrogens is 1. The van der Waals surface area contributed by atoms with Crippen molar-refractivity contribution in [1.82, 2.24) is 24.8 Å². The Morgan fingerprint density at radius 3 is 2.56 bits per heavy atom. The molecule has 0 radical (unpaired) electrons. The average molecular weight is 522 g/mol. The van der Waals surface area contributed by atoms with E-state index in [4.69, 9.17) is 0 Å². The van der Waals surface area contributed by atoms with Crippen molar-refractivity contribution in [3.05, 3.63) is 35.8 Å². The smallest absolute Gasteiger partial charge is 0.246 e. The molecule has 1 aromatic carbocycles. The summed E-state index contributed by atoms with van der Waals surface area (Å²) >= 11 is 0. The molecule has 9 nitrogen and oxygen atoms in total. The first-order chi connectivity index (χ1) is 16.7. The number of likely N-dealkylation sites (tertiary alicyclic amines) is 1. The van der Waals surface area contributed by atoms with Gasteiger partial charge in [0.2, 0.25) is 21.8 Å². The van der Waals surface area contributed by atoms with Crippen LogP contribution in [0.25, 0.3) is 10.9 Å².